The molecule has 156 valence electrons. The van der Waals surface area contributed by atoms with E-state index >= 15 is 0 Å². The summed E-state index contributed by atoms with van der Waals surface area (Å²) >= 11 is 0. The van der Waals surface area contributed by atoms with Crippen molar-refractivity contribution in [3.8, 4) is 11.5 Å². The minimum absolute atomic E-state index is 0.0481. The van der Waals surface area contributed by atoms with Gasteiger partial charge in [-0.25, -0.2) is 4.98 Å². The highest BCUT2D eigenvalue weighted by Crippen LogP contribution is 2.22. The Morgan fingerprint density at radius 2 is 1.73 bits per heavy atom. The zero-order valence-electron chi connectivity index (χ0n) is 17.6. The van der Waals surface area contributed by atoms with Crippen LogP contribution in [0.5, 0.6) is 11.5 Å². The van der Waals surface area contributed by atoms with Crippen molar-refractivity contribution < 1.29 is 14.3 Å². The predicted octanol–water partition coefficient (Wildman–Crippen LogP) is 4.38. The van der Waals surface area contributed by atoms with Gasteiger partial charge in [0.25, 0.3) is 5.91 Å². The van der Waals surface area contributed by atoms with Gasteiger partial charge < -0.3 is 20.1 Å². The molecular weight excluding hydrogens is 378 g/mol. The summed E-state index contributed by atoms with van der Waals surface area (Å²) in [6.07, 6.45) is 2.51. The maximum Gasteiger partial charge on any atom is 0.262 e. The molecule has 3 aromatic rings. The summed E-state index contributed by atoms with van der Waals surface area (Å²) in [4.78, 5) is 16.5. The molecule has 3 rings (SSSR count). The van der Waals surface area contributed by atoms with Crippen molar-refractivity contribution in [2.24, 2.45) is 0 Å². The van der Waals surface area contributed by atoms with Crippen LogP contribution in [0, 0.1) is 13.8 Å². The van der Waals surface area contributed by atoms with Gasteiger partial charge in [0, 0.05) is 6.54 Å². The fourth-order valence-corrected chi connectivity index (χ4v) is 3.06. The van der Waals surface area contributed by atoms with Crippen molar-refractivity contribution in [3.63, 3.8) is 0 Å². The Morgan fingerprint density at radius 3 is 2.37 bits per heavy atom. The van der Waals surface area contributed by atoms with Crippen molar-refractivity contribution >= 4 is 17.4 Å². The smallest absolute Gasteiger partial charge is 0.262 e. The molecule has 0 fully saturated rings. The first-order valence-electron chi connectivity index (χ1n) is 9.87. The number of hydrogen-bond donors (Lipinski definition) is 2. The Bertz CT molecular complexity index is 950. The highest BCUT2D eigenvalue weighted by Gasteiger charge is 2.08. The summed E-state index contributed by atoms with van der Waals surface area (Å²) in [5.74, 6) is 2.14. The number of carbonyl (C=O) groups excluding carboxylic acids is 1. The summed E-state index contributed by atoms with van der Waals surface area (Å²) in [6, 6.07) is 17.6. The minimum atomic E-state index is -0.223. The number of pyridine rings is 1. The fraction of sp³-hybridized carbons (Fsp3) is 0.250. The Balaban J connectivity index is 1.43. The highest BCUT2D eigenvalue weighted by molar-refractivity contribution is 5.91. The second-order valence-electron chi connectivity index (χ2n) is 7.01. The van der Waals surface area contributed by atoms with Gasteiger partial charge >= 0.3 is 0 Å². The van der Waals surface area contributed by atoms with Crippen molar-refractivity contribution in [1.82, 2.24) is 4.98 Å². The third-order valence-corrected chi connectivity index (χ3v) is 4.68. The molecule has 2 N–H and O–H groups in total. The normalized spacial score (nSPS) is 10.4. The van der Waals surface area contributed by atoms with E-state index in [1.165, 1.54) is 5.56 Å². The van der Waals surface area contributed by atoms with E-state index in [4.69, 9.17) is 9.47 Å². The topological polar surface area (TPSA) is 72.5 Å². The first-order valence-corrected chi connectivity index (χ1v) is 9.87. The average Bonchev–Trinajstić information content (AvgIpc) is 2.75. The van der Waals surface area contributed by atoms with Gasteiger partial charge in [-0.15, -0.1) is 0 Å². The van der Waals surface area contributed by atoms with Crippen molar-refractivity contribution in [1.29, 1.82) is 0 Å². The van der Waals surface area contributed by atoms with Gasteiger partial charge in [0.1, 0.15) is 17.3 Å². The van der Waals surface area contributed by atoms with Gasteiger partial charge in [0.2, 0.25) is 0 Å². The second-order valence-corrected chi connectivity index (χ2v) is 7.01. The number of benzene rings is 2. The zero-order chi connectivity index (χ0) is 21.3. The molecule has 0 unspecified atom stereocenters. The fourth-order valence-electron chi connectivity index (χ4n) is 3.06. The summed E-state index contributed by atoms with van der Waals surface area (Å²) in [7, 11) is 1.66. The van der Waals surface area contributed by atoms with Gasteiger partial charge in [0.05, 0.1) is 19.0 Å². The monoisotopic (exact) mass is 405 g/mol. The van der Waals surface area contributed by atoms with Crippen LogP contribution < -0.4 is 20.1 Å². The Kier molecular flexibility index (Phi) is 7.27. The standard InChI is InChI=1S/C24H27N3O3/c1-17-5-4-6-18(2)24(17)30-16-23(28)27-20-9-12-22(26-15-20)25-14-13-19-7-10-21(29-3)11-8-19/h4-12,15H,13-14,16H2,1-3H3,(H,25,26)(H,27,28). The number of rotatable bonds is 9. The molecule has 0 saturated carbocycles. The number of nitrogens with one attached hydrogen (secondary N) is 2. The summed E-state index contributed by atoms with van der Waals surface area (Å²) in [5, 5.41) is 6.09. The summed E-state index contributed by atoms with van der Waals surface area (Å²) < 4.78 is 10.8. The third-order valence-electron chi connectivity index (χ3n) is 4.68. The first-order chi connectivity index (χ1) is 14.5. The van der Waals surface area contributed by atoms with E-state index < -0.39 is 0 Å². The molecule has 0 saturated heterocycles. The number of nitrogens with zero attached hydrogens (tertiary/aromatic N) is 1. The molecule has 0 radical (unpaired) electrons. The first kappa shape index (κ1) is 21.2. The van der Waals surface area contributed by atoms with Gasteiger partial charge in [0.15, 0.2) is 6.61 Å². The van der Waals surface area contributed by atoms with Crippen LogP contribution in [-0.2, 0) is 11.2 Å². The third kappa shape index (κ3) is 5.98. The SMILES string of the molecule is COc1ccc(CCNc2ccc(NC(=O)COc3c(C)cccc3C)cn2)cc1. The minimum Gasteiger partial charge on any atom is -0.497 e. The lowest BCUT2D eigenvalue weighted by atomic mass is 10.1. The van der Waals surface area contributed by atoms with E-state index in [2.05, 4.69) is 15.6 Å². The molecule has 0 aliphatic heterocycles. The number of anilines is 2. The van der Waals surface area contributed by atoms with Gasteiger partial charge in [-0.3, -0.25) is 4.79 Å². The Morgan fingerprint density at radius 1 is 1.00 bits per heavy atom. The molecule has 0 aliphatic carbocycles. The number of aromatic nitrogens is 1. The van der Waals surface area contributed by atoms with Gasteiger partial charge in [-0.2, -0.15) is 0 Å². The van der Waals surface area contributed by atoms with E-state index in [9.17, 15) is 4.79 Å². The van der Waals surface area contributed by atoms with Crippen LogP contribution in [0.3, 0.4) is 0 Å². The molecular formula is C24H27N3O3. The molecule has 1 amide bonds. The predicted molar refractivity (Wildman–Crippen MR) is 119 cm³/mol. The molecule has 0 atom stereocenters. The molecule has 6 nitrogen and oxygen atoms in total. The Hall–Kier alpha value is -3.54. The number of amides is 1. The van der Waals surface area contributed by atoms with E-state index in [1.54, 1.807) is 13.3 Å². The van der Waals surface area contributed by atoms with E-state index in [0.29, 0.717) is 5.69 Å². The summed E-state index contributed by atoms with van der Waals surface area (Å²) in [5.41, 5.74) is 3.87. The van der Waals surface area contributed by atoms with E-state index in [1.807, 2.05) is 68.4 Å². The molecule has 0 aliphatic rings. The average molecular weight is 405 g/mol. The number of ether oxygens (including phenoxy) is 2. The maximum atomic E-state index is 12.2. The molecule has 6 heteroatoms. The number of aryl methyl sites for hydroxylation is 2. The number of para-hydroxylation sites is 1. The number of carbonyl (C=O) groups is 1. The largest absolute Gasteiger partial charge is 0.497 e. The maximum absolute atomic E-state index is 12.2. The molecule has 30 heavy (non-hydrogen) atoms. The van der Waals surface area contributed by atoms with Crippen LogP contribution in [0.1, 0.15) is 16.7 Å². The lowest BCUT2D eigenvalue weighted by Gasteiger charge is -2.12. The number of methoxy groups -OCH3 is 1. The van der Waals surface area contributed by atoms with Crippen LogP contribution in [0.25, 0.3) is 0 Å². The van der Waals surface area contributed by atoms with Crippen molar-refractivity contribution in [3.05, 3.63) is 77.5 Å². The van der Waals surface area contributed by atoms with Crippen LogP contribution in [0.2, 0.25) is 0 Å². The lowest BCUT2D eigenvalue weighted by Crippen LogP contribution is -2.20. The van der Waals surface area contributed by atoms with Gasteiger partial charge in [-0.05, 0) is 61.2 Å². The van der Waals surface area contributed by atoms with Crippen LogP contribution in [-0.4, -0.2) is 31.2 Å². The molecule has 0 spiro atoms. The quantitative estimate of drug-likeness (QED) is 0.553. The molecule has 0 bridgehead atoms. The zero-order valence-corrected chi connectivity index (χ0v) is 17.6. The molecule has 1 aromatic heterocycles. The molecule has 2 aromatic carbocycles. The highest BCUT2D eigenvalue weighted by atomic mass is 16.5. The van der Waals surface area contributed by atoms with E-state index in [0.717, 1.165) is 41.4 Å². The Labute approximate surface area is 177 Å². The van der Waals surface area contributed by atoms with Crippen LogP contribution in [0.15, 0.2) is 60.8 Å². The number of hydrogen-bond acceptors (Lipinski definition) is 5. The summed E-state index contributed by atoms with van der Waals surface area (Å²) in [6.45, 7) is 4.64. The lowest BCUT2D eigenvalue weighted by molar-refractivity contribution is -0.118. The molecule has 1 heterocycles. The van der Waals surface area contributed by atoms with Crippen LogP contribution >= 0.6 is 0 Å². The van der Waals surface area contributed by atoms with Gasteiger partial charge in [-0.1, -0.05) is 30.3 Å². The van der Waals surface area contributed by atoms with Crippen LogP contribution in [0.4, 0.5) is 11.5 Å². The second kappa shape index (κ2) is 10.3. The van der Waals surface area contributed by atoms with Crippen molar-refractivity contribution in [2.75, 3.05) is 30.9 Å². The van der Waals surface area contributed by atoms with E-state index in [-0.39, 0.29) is 12.5 Å². The van der Waals surface area contributed by atoms with Crippen molar-refractivity contribution in [2.45, 2.75) is 20.3 Å².